The number of hydrogen-bond acceptors (Lipinski definition) is 3. The van der Waals surface area contributed by atoms with Crippen LogP contribution in [0.4, 0.5) is 10.1 Å². The molecule has 0 saturated heterocycles. The number of Topliss-reactive ketones (excluding diaryl/α,β-unsaturated/α-hetero) is 1. The number of nitrogens with two attached hydrogens (primary N) is 1. The Morgan fingerprint density at radius 2 is 2.20 bits per heavy atom. The first-order chi connectivity index (χ1) is 7.09. The number of benzene rings is 1. The molecule has 78 valence electrons. The van der Waals surface area contributed by atoms with Crippen LogP contribution in [0.2, 0.25) is 0 Å². The summed E-state index contributed by atoms with van der Waals surface area (Å²) < 4.78 is 13.1. The van der Waals surface area contributed by atoms with E-state index in [2.05, 4.69) is 5.32 Å². The first-order valence-corrected chi connectivity index (χ1v) is 4.50. The van der Waals surface area contributed by atoms with Gasteiger partial charge >= 0.3 is 0 Å². The van der Waals surface area contributed by atoms with Gasteiger partial charge in [0.15, 0.2) is 5.78 Å². The highest BCUT2D eigenvalue weighted by molar-refractivity contribution is 6.09. The van der Waals surface area contributed by atoms with Gasteiger partial charge in [-0.15, -0.1) is 0 Å². The molecule has 0 saturated carbocycles. The van der Waals surface area contributed by atoms with Gasteiger partial charge in [-0.1, -0.05) is 0 Å². The van der Waals surface area contributed by atoms with Gasteiger partial charge in [0.25, 0.3) is 5.91 Å². The van der Waals surface area contributed by atoms with E-state index in [4.69, 9.17) is 5.73 Å². The maximum absolute atomic E-state index is 13.1. The summed E-state index contributed by atoms with van der Waals surface area (Å²) in [4.78, 5) is 22.5. The van der Waals surface area contributed by atoms with Crippen LogP contribution in [0.25, 0.3) is 0 Å². The first-order valence-electron chi connectivity index (χ1n) is 4.50. The van der Waals surface area contributed by atoms with Crippen LogP contribution in [0.5, 0.6) is 0 Å². The monoisotopic (exact) mass is 208 g/mol. The summed E-state index contributed by atoms with van der Waals surface area (Å²) in [6, 6.07) is 2.16. The molecule has 1 aromatic rings. The van der Waals surface area contributed by atoms with Gasteiger partial charge in [0.05, 0.1) is 11.3 Å². The summed E-state index contributed by atoms with van der Waals surface area (Å²) in [7, 11) is 0. The van der Waals surface area contributed by atoms with Crippen molar-refractivity contribution in [3.8, 4) is 0 Å². The van der Waals surface area contributed by atoms with E-state index in [1.54, 1.807) is 0 Å². The number of rotatable bonds is 1. The van der Waals surface area contributed by atoms with E-state index in [1.165, 1.54) is 0 Å². The Balaban J connectivity index is 2.67. The van der Waals surface area contributed by atoms with Gasteiger partial charge in [-0.3, -0.25) is 9.59 Å². The van der Waals surface area contributed by atoms with Crippen LogP contribution >= 0.6 is 0 Å². The first kappa shape index (κ1) is 9.64. The van der Waals surface area contributed by atoms with E-state index < -0.39 is 11.7 Å². The maximum atomic E-state index is 13.1. The van der Waals surface area contributed by atoms with Gasteiger partial charge in [0, 0.05) is 18.5 Å². The number of halogens is 1. The quantitative estimate of drug-likeness (QED) is 0.720. The third kappa shape index (κ3) is 1.56. The molecule has 2 rings (SSSR count). The van der Waals surface area contributed by atoms with Crippen molar-refractivity contribution >= 4 is 17.4 Å². The molecule has 1 heterocycles. The number of primary amides is 1. The molecule has 4 nitrogen and oxygen atoms in total. The third-order valence-electron chi connectivity index (χ3n) is 2.32. The van der Waals surface area contributed by atoms with Crippen molar-refractivity contribution < 1.29 is 14.0 Å². The molecule has 0 bridgehead atoms. The van der Waals surface area contributed by atoms with Crippen molar-refractivity contribution in [3.05, 3.63) is 29.1 Å². The zero-order valence-electron chi connectivity index (χ0n) is 7.84. The molecule has 0 spiro atoms. The topological polar surface area (TPSA) is 72.2 Å². The molecule has 0 radical (unpaired) electrons. The SMILES string of the molecule is NC(=O)c1cc(F)cc2c1NCCC2=O. The number of nitrogens with one attached hydrogen (secondary N) is 1. The van der Waals surface area contributed by atoms with E-state index >= 15 is 0 Å². The molecule has 0 unspecified atom stereocenters. The van der Waals surface area contributed by atoms with Crippen molar-refractivity contribution in [2.45, 2.75) is 6.42 Å². The van der Waals surface area contributed by atoms with Crippen LogP contribution < -0.4 is 11.1 Å². The Labute approximate surface area is 85.3 Å². The molecule has 0 aromatic heterocycles. The standard InChI is InChI=1S/C10H9FN2O2/c11-5-3-6-8(14)1-2-13-9(6)7(4-5)10(12)15/h3-4,13H,1-2H2,(H2,12,15). The lowest BCUT2D eigenvalue weighted by Gasteiger charge is -2.19. The number of ketones is 1. The Morgan fingerprint density at radius 3 is 2.87 bits per heavy atom. The van der Waals surface area contributed by atoms with Crippen LogP contribution in [0.1, 0.15) is 27.1 Å². The zero-order valence-corrected chi connectivity index (χ0v) is 7.84. The van der Waals surface area contributed by atoms with Crippen molar-refractivity contribution in [2.75, 3.05) is 11.9 Å². The van der Waals surface area contributed by atoms with Gasteiger partial charge in [-0.2, -0.15) is 0 Å². The summed E-state index contributed by atoms with van der Waals surface area (Å²) in [5, 5.41) is 2.88. The smallest absolute Gasteiger partial charge is 0.250 e. The number of amides is 1. The van der Waals surface area contributed by atoms with Crippen LogP contribution in [0.15, 0.2) is 12.1 Å². The molecule has 1 amide bonds. The molecule has 15 heavy (non-hydrogen) atoms. The molecule has 0 fully saturated rings. The number of fused-ring (bicyclic) bond motifs is 1. The van der Waals surface area contributed by atoms with E-state index in [0.29, 0.717) is 18.7 Å². The minimum Gasteiger partial charge on any atom is -0.383 e. The highest BCUT2D eigenvalue weighted by Crippen LogP contribution is 2.27. The number of hydrogen-bond donors (Lipinski definition) is 2. The second kappa shape index (κ2) is 3.34. The summed E-state index contributed by atoms with van der Waals surface area (Å²) in [6.07, 6.45) is 0.300. The number of carbonyl (C=O) groups is 2. The van der Waals surface area contributed by atoms with Crippen LogP contribution in [-0.2, 0) is 0 Å². The fraction of sp³-hybridized carbons (Fsp3) is 0.200. The molecule has 1 aliphatic heterocycles. The Morgan fingerprint density at radius 1 is 1.47 bits per heavy atom. The lowest BCUT2D eigenvalue weighted by molar-refractivity contribution is 0.0983. The van der Waals surface area contributed by atoms with Crippen LogP contribution in [0.3, 0.4) is 0 Å². The van der Waals surface area contributed by atoms with Gasteiger partial charge < -0.3 is 11.1 Å². The highest BCUT2D eigenvalue weighted by atomic mass is 19.1. The average Bonchev–Trinajstić information content (AvgIpc) is 2.18. The van der Waals surface area contributed by atoms with E-state index in [9.17, 15) is 14.0 Å². The largest absolute Gasteiger partial charge is 0.383 e. The molecular formula is C10H9FN2O2. The van der Waals surface area contributed by atoms with Crippen molar-refractivity contribution in [3.63, 3.8) is 0 Å². The minimum absolute atomic E-state index is 0.0260. The summed E-state index contributed by atoms with van der Waals surface area (Å²) >= 11 is 0. The van der Waals surface area contributed by atoms with E-state index in [-0.39, 0.29) is 16.9 Å². The van der Waals surface area contributed by atoms with Gasteiger partial charge in [0.1, 0.15) is 5.82 Å². The Kier molecular flexibility index (Phi) is 2.15. The molecular weight excluding hydrogens is 199 g/mol. The second-order valence-electron chi connectivity index (χ2n) is 3.34. The Bertz CT molecular complexity index is 440. The average molecular weight is 208 g/mol. The maximum Gasteiger partial charge on any atom is 0.250 e. The predicted octanol–water partition coefficient (Wildman–Crippen LogP) is 0.923. The van der Waals surface area contributed by atoms with Crippen LogP contribution in [-0.4, -0.2) is 18.2 Å². The van der Waals surface area contributed by atoms with Gasteiger partial charge in [-0.25, -0.2) is 4.39 Å². The summed E-state index contributed by atoms with van der Waals surface area (Å²) in [5.41, 5.74) is 5.67. The number of anilines is 1. The fourth-order valence-electron chi connectivity index (χ4n) is 1.65. The highest BCUT2D eigenvalue weighted by Gasteiger charge is 2.22. The lowest BCUT2D eigenvalue weighted by atomic mass is 9.98. The molecule has 0 atom stereocenters. The lowest BCUT2D eigenvalue weighted by Crippen LogP contribution is -2.23. The van der Waals surface area contributed by atoms with Crippen molar-refractivity contribution in [1.82, 2.24) is 0 Å². The normalized spacial score (nSPS) is 14.3. The molecule has 3 N–H and O–H groups in total. The van der Waals surface area contributed by atoms with Gasteiger partial charge in [-0.05, 0) is 12.1 Å². The fourth-order valence-corrected chi connectivity index (χ4v) is 1.65. The Hall–Kier alpha value is -1.91. The van der Waals surface area contributed by atoms with Crippen molar-refractivity contribution in [2.24, 2.45) is 5.73 Å². The van der Waals surface area contributed by atoms with Gasteiger partial charge in [0.2, 0.25) is 0 Å². The minimum atomic E-state index is -0.743. The molecule has 5 heteroatoms. The zero-order chi connectivity index (χ0) is 11.0. The van der Waals surface area contributed by atoms with Crippen molar-refractivity contribution in [1.29, 1.82) is 0 Å². The second-order valence-corrected chi connectivity index (χ2v) is 3.34. The van der Waals surface area contributed by atoms with Crippen LogP contribution in [0, 0.1) is 5.82 Å². The molecule has 1 aromatic carbocycles. The summed E-state index contributed by atoms with van der Waals surface area (Å²) in [6.45, 7) is 0.442. The van der Waals surface area contributed by atoms with E-state index in [0.717, 1.165) is 12.1 Å². The third-order valence-corrected chi connectivity index (χ3v) is 2.32. The number of carbonyl (C=O) groups excluding carboxylic acids is 2. The summed E-state index contributed by atoms with van der Waals surface area (Å²) in [5.74, 6) is -1.54. The van der Waals surface area contributed by atoms with E-state index in [1.807, 2.05) is 0 Å². The predicted molar refractivity (Wildman–Crippen MR) is 52.4 cm³/mol. The molecule has 1 aliphatic rings. The molecule has 0 aliphatic carbocycles.